The van der Waals surface area contributed by atoms with E-state index in [9.17, 15) is 0 Å². The van der Waals surface area contributed by atoms with Crippen LogP contribution in [-0.4, -0.2) is 18.0 Å². The van der Waals surface area contributed by atoms with Crippen molar-refractivity contribution in [2.75, 3.05) is 4.90 Å². The van der Waals surface area contributed by atoms with Gasteiger partial charge in [0.2, 0.25) is 0 Å². The number of aromatic nitrogens is 2. The number of para-hydroxylation sites is 2. The molecule has 8 rings (SSSR count). The Morgan fingerprint density at radius 3 is 1.70 bits per heavy atom. The third-order valence-electron chi connectivity index (χ3n) is 8.63. The number of nitrogens with zero attached hydrogens (tertiary/aromatic N) is 3. The molecule has 1 aliphatic rings. The highest BCUT2D eigenvalue weighted by atomic mass is 28.3. The number of hydrogen-bond donors (Lipinski definition) is 0. The zero-order valence-corrected chi connectivity index (χ0v) is 25.1. The maximum Gasteiger partial charge on any atom is 0.184 e. The molecule has 0 aliphatic carbocycles. The smallest absolute Gasteiger partial charge is 0.184 e. The molecule has 1 unspecified atom stereocenters. The molecule has 7 aromatic rings. The van der Waals surface area contributed by atoms with Crippen LogP contribution in [0.1, 0.15) is 0 Å². The summed E-state index contributed by atoms with van der Waals surface area (Å²) in [6, 6.07) is 59.1. The van der Waals surface area contributed by atoms with Crippen molar-refractivity contribution in [2.24, 2.45) is 0 Å². The average Bonchev–Trinajstić information content (AvgIpc) is 3.12. The van der Waals surface area contributed by atoms with Gasteiger partial charge in [-0.15, -0.1) is 0 Å². The summed E-state index contributed by atoms with van der Waals surface area (Å²) in [5.74, 6) is 0. The summed E-state index contributed by atoms with van der Waals surface area (Å²) in [6.45, 7) is 0. The maximum atomic E-state index is 4.76. The van der Waals surface area contributed by atoms with Gasteiger partial charge in [0.25, 0.3) is 0 Å². The van der Waals surface area contributed by atoms with E-state index in [0.29, 0.717) is 0 Å². The minimum absolute atomic E-state index is 0.971. The maximum absolute atomic E-state index is 4.76. The molecule has 2 aromatic heterocycles. The highest BCUT2D eigenvalue weighted by Gasteiger charge is 2.49. The van der Waals surface area contributed by atoms with E-state index < -0.39 is 8.07 Å². The van der Waals surface area contributed by atoms with Crippen LogP contribution < -0.4 is 25.6 Å². The Morgan fingerprint density at radius 1 is 0.409 bits per heavy atom. The first-order chi connectivity index (χ1) is 21.8. The van der Waals surface area contributed by atoms with E-state index in [2.05, 4.69) is 157 Å². The molecular formula is C40H29N3Si. The monoisotopic (exact) mass is 579 g/mol. The van der Waals surface area contributed by atoms with Crippen LogP contribution in [0.15, 0.2) is 176 Å². The van der Waals surface area contributed by atoms with Gasteiger partial charge in [-0.2, -0.15) is 0 Å². The van der Waals surface area contributed by atoms with Crippen molar-refractivity contribution in [3.8, 4) is 22.5 Å². The van der Waals surface area contributed by atoms with Crippen LogP contribution in [0.2, 0.25) is 0 Å². The van der Waals surface area contributed by atoms with Crippen molar-refractivity contribution in [1.82, 2.24) is 9.97 Å². The first-order valence-electron chi connectivity index (χ1n) is 14.9. The standard InChI is InChI=1S/C40H29N3Si/c1-3-15-32(16-4-1)43-37-22-7-8-23-39(37)44(33-17-5-2-6-18-33,34-19-13-14-30(28-34)35-20-9-11-26-41-35)40-29-31(24-25-38(40)43)36-21-10-12-27-42-36/h1-29H. The van der Waals surface area contributed by atoms with Gasteiger partial charge >= 0.3 is 0 Å². The fraction of sp³-hybridized carbons (Fsp3) is 0. The lowest BCUT2D eigenvalue weighted by Gasteiger charge is -2.45. The quantitative estimate of drug-likeness (QED) is 0.206. The van der Waals surface area contributed by atoms with Gasteiger partial charge in [0.15, 0.2) is 8.07 Å². The van der Waals surface area contributed by atoms with Gasteiger partial charge in [0.05, 0.1) is 11.4 Å². The zero-order valence-electron chi connectivity index (χ0n) is 24.1. The Bertz CT molecular complexity index is 2070. The number of hydrogen-bond acceptors (Lipinski definition) is 3. The van der Waals surface area contributed by atoms with Gasteiger partial charge in [-0.25, -0.2) is 0 Å². The molecule has 5 aromatic carbocycles. The molecular weight excluding hydrogens is 551 g/mol. The van der Waals surface area contributed by atoms with E-state index in [0.717, 1.165) is 28.2 Å². The van der Waals surface area contributed by atoms with Crippen LogP contribution in [0.5, 0.6) is 0 Å². The fourth-order valence-electron chi connectivity index (χ4n) is 6.76. The molecule has 208 valence electrons. The molecule has 0 saturated carbocycles. The number of benzene rings is 5. The van der Waals surface area contributed by atoms with Crippen LogP contribution in [0.4, 0.5) is 17.1 Å². The number of anilines is 3. The second-order valence-electron chi connectivity index (χ2n) is 11.0. The van der Waals surface area contributed by atoms with E-state index in [1.54, 1.807) is 0 Å². The molecule has 3 heterocycles. The predicted molar refractivity (Wildman–Crippen MR) is 185 cm³/mol. The molecule has 0 amide bonds. The molecule has 0 bridgehead atoms. The van der Waals surface area contributed by atoms with Crippen LogP contribution in [-0.2, 0) is 0 Å². The lowest BCUT2D eigenvalue weighted by atomic mass is 10.1. The topological polar surface area (TPSA) is 29.0 Å². The zero-order chi connectivity index (χ0) is 29.3. The highest BCUT2D eigenvalue weighted by Crippen LogP contribution is 2.39. The van der Waals surface area contributed by atoms with Crippen molar-refractivity contribution in [3.63, 3.8) is 0 Å². The Kier molecular flexibility index (Phi) is 6.47. The van der Waals surface area contributed by atoms with Crippen LogP contribution in [0, 0.1) is 0 Å². The van der Waals surface area contributed by atoms with E-state index in [1.165, 1.54) is 32.1 Å². The van der Waals surface area contributed by atoms with Gasteiger partial charge < -0.3 is 4.90 Å². The van der Waals surface area contributed by atoms with Gasteiger partial charge in [-0.3, -0.25) is 9.97 Å². The third-order valence-corrected chi connectivity index (χ3v) is 13.4. The normalized spacial score (nSPS) is 15.3. The van der Waals surface area contributed by atoms with Crippen molar-refractivity contribution < 1.29 is 0 Å². The Balaban J connectivity index is 1.51. The van der Waals surface area contributed by atoms with E-state index in [1.807, 2.05) is 24.5 Å². The third kappa shape index (κ3) is 4.19. The second kappa shape index (κ2) is 10.9. The summed E-state index contributed by atoms with van der Waals surface area (Å²) in [5, 5.41) is 5.37. The minimum Gasteiger partial charge on any atom is -0.311 e. The van der Waals surface area contributed by atoms with Crippen LogP contribution >= 0.6 is 0 Å². The predicted octanol–water partition coefficient (Wildman–Crippen LogP) is 6.97. The Morgan fingerprint density at radius 2 is 1.00 bits per heavy atom. The highest BCUT2D eigenvalue weighted by molar-refractivity contribution is 7.21. The lowest BCUT2D eigenvalue weighted by molar-refractivity contribution is 1.28. The fourth-order valence-corrected chi connectivity index (χ4v) is 11.9. The molecule has 3 nitrogen and oxygen atoms in total. The Hall–Kier alpha value is -5.58. The molecule has 1 atom stereocenters. The summed E-state index contributed by atoms with van der Waals surface area (Å²) in [6.07, 6.45) is 3.74. The summed E-state index contributed by atoms with van der Waals surface area (Å²) in [7, 11) is -2.88. The largest absolute Gasteiger partial charge is 0.311 e. The summed E-state index contributed by atoms with van der Waals surface area (Å²) in [4.78, 5) is 11.9. The first kappa shape index (κ1) is 26.1. The van der Waals surface area contributed by atoms with E-state index in [4.69, 9.17) is 9.97 Å². The second-order valence-corrected chi connectivity index (χ2v) is 14.8. The minimum atomic E-state index is -2.88. The van der Waals surface area contributed by atoms with E-state index in [-0.39, 0.29) is 0 Å². The van der Waals surface area contributed by atoms with Crippen molar-refractivity contribution >= 4 is 45.9 Å². The molecule has 0 spiro atoms. The van der Waals surface area contributed by atoms with Crippen molar-refractivity contribution in [1.29, 1.82) is 0 Å². The van der Waals surface area contributed by atoms with Crippen molar-refractivity contribution in [3.05, 3.63) is 176 Å². The molecule has 1 aliphatic heterocycles. The number of fused-ring (bicyclic) bond motifs is 2. The van der Waals surface area contributed by atoms with Crippen LogP contribution in [0.3, 0.4) is 0 Å². The number of rotatable bonds is 5. The molecule has 44 heavy (non-hydrogen) atoms. The van der Waals surface area contributed by atoms with Gasteiger partial charge in [0, 0.05) is 40.6 Å². The van der Waals surface area contributed by atoms with Gasteiger partial charge in [-0.1, -0.05) is 115 Å². The Labute approximate surface area is 258 Å². The van der Waals surface area contributed by atoms with Gasteiger partial charge in [0.1, 0.15) is 0 Å². The van der Waals surface area contributed by atoms with E-state index >= 15 is 0 Å². The molecule has 0 saturated heterocycles. The average molecular weight is 580 g/mol. The van der Waals surface area contributed by atoms with Crippen molar-refractivity contribution in [2.45, 2.75) is 0 Å². The molecule has 4 heteroatoms. The van der Waals surface area contributed by atoms with Gasteiger partial charge in [-0.05, 0) is 69.3 Å². The molecule has 0 radical (unpaired) electrons. The molecule has 0 N–H and O–H groups in total. The molecule has 0 fully saturated rings. The summed E-state index contributed by atoms with van der Waals surface area (Å²) < 4.78 is 0. The first-order valence-corrected chi connectivity index (χ1v) is 16.9. The summed E-state index contributed by atoms with van der Waals surface area (Å²) in [5.41, 5.74) is 7.75. The number of pyridine rings is 2. The SMILES string of the molecule is c1ccc(N2c3ccccc3[Si](c3ccccc3)(c3cccc(-c4ccccn4)c3)c3cc(-c4ccccn4)ccc32)cc1. The van der Waals surface area contributed by atoms with Crippen LogP contribution in [0.25, 0.3) is 22.5 Å². The lowest BCUT2D eigenvalue weighted by Crippen LogP contribution is -2.77. The summed E-state index contributed by atoms with van der Waals surface area (Å²) >= 11 is 0.